The summed E-state index contributed by atoms with van der Waals surface area (Å²) in [6.45, 7) is 6.26. The van der Waals surface area contributed by atoms with Crippen LogP contribution in [0.5, 0.6) is 5.75 Å². The van der Waals surface area contributed by atoms with Crippen LogP contribution in [0.15, 0.2) is 15.3 Å². The first kappa shape index (κ1) is 13.6. The Labute approximate surface area is 117 Å². The average Bonchev–Trinajstić information content (AvgIpc) is 2.85. The second-order valence-corrected chi connectivity index (χ2v) is 6.21. The van der Waals surface area contributed by atoms with Crippen molar-refractivity contribution < 1.29 is 19.4 Å². The van der Waals surface area contributed by atoms with E-state index in [4.69, 9.17) is 9.15 Å². The molecule has 1 saturated heterocycles. The Balaban J connectivity index is 2.18. The van der Waals surface area contributed by atoms with Crippen LogP contribution in [0.3, 0.4) is 0 Å². The summed E-state index contributed by atoms with van der Waals surface area (Å²) in [5.74, 6) is 0.341. The van der Waals surface area contributed by atoms with Gasteiger partial charge in [-0.25, -0.2) is 4.79 Å². The molecule has 3 rings (SSSR count). The highest BCUT2D eigenvalue weighted by Crippen LogP contribution is 2.57. The predicted octanol–water partition coefficient (Wildman–Crippen LogP) is 1.53. The molecular weight excluding hydrogens is 260 g/mol. The van der Waals surface area contributed by atoms with Crippen molar-refractivity contribution in [2.75, 3.05) is 6.61 Å². The first-order valence-electron chi connectivity index (χ1n) is 7.04. The lowest BCUT2D eigenvalue weighted by Crippen LogP contribution is -2.37. The summed E-state index contributed by atoms with van der Waals surface area (Å²) in [6.07, 6.45) is 0.175. The van der Waals surface area contributed by atoms with Crippen LogP contribution in [0.1, 0.15) is 31.6 Å². The zero-order valence-corrected chi connectivity index (χ0v) is 11.9. The number of hydrogen-bond acceptors (Lipinski definition) is 5. The van der Waals surface area contributed by atoms with Crippen molar-refractivity contribution in [3.05, 3.63) is 27.8 Å². The van der Waals surface area contributed by atoms with Gasteiger partial charge in [0.15, 0.2) is 0 Å². The second kappa shape index (κ2) is 4.33. The van der Waals surface area contributed by atoms with Crippen LogP contribution in [0.25, 0.3) is 0 Å². The first-order chi connectivity index (χ1) is 9.37. The highest BCUT2D eigenvalue weighted by molar-refractivity contribution is 5.32. The number of hydrogen-bond donors (Lipinski definition) is 2. The lowest BCUT2D eigenvalue weighted by atomic mass is 9.79. The molecule has 2 N–H and O–H groups in total. The molecule has 1 aromatic rings. The molecule has 5 heteroatoms. The summed E-state index contributed by atoms with van der Waals surface area (Å²) in [4.78, 5) is 11.7. The van der Waals surface area contributed by atoms with Crippen LogP contribution in [0.2, 0.25) is 0 Å². The van der Waals surface area contributed by atoms with Gasteiger partial charge in [0, 0.05) is 17.4 Å². The summed E-state index contributed by atoms with van der Waals surface area (Å²) >= 11 is 0. The van der Waals surface area contributed by atoms with Gasteiger partial charge in [0.1, 0.15) is 11.4 Å². The summed E-state index contributed by atoms with van der Waals surface area (Å²) in [5, 5.41) is 19.8. The van der Waals surface area contributed by atoms with Gasteiger partial charge in [-0.15, -0.1) is 0 Å². The zero-order valence-electron chi connectivity index (χ0n) is 11.9. The smallest absolute Gasteiger partial charge is 0.378 e. The van der Waals surface area contributed by atoms with Crippen LogP contribution in [0, 0.1) is 24.7 Å². The minimum absolute atomic E-state index is 0.125. The molecule has 2 heterocycles. The van der Waals surface area contributed by atoms with Gasteiger partial charge < -0.3 is 19.4 Å². The lowest BCUT2D eigenvalue weighted by molar-refractivity contribution is -0.0793. The quantitative estimate of drug-likeness (QED) is 0.815. The maximum atomic E-state index is 11.7. The van der Waals surface area contributed by atoms with Crippen LogP contribution < -0.4 is 5.63 Å². The van der Waals surface area contributed by atoms with Crippen LogP contribution in [-0.4, -0.2) is 22.9 Å². The molecule has 5 nitrogen and oxygen atoms in total. The van der Waals surface area contributed by atoms with Crippen molar-refractivity contribution in [3.63, 3.8) is 0 Å². The number of aromatic hydroxyl groups is 1. The fourth-order valence-electron chi connectivity index (χ4n) is 3.82. The molecule has 1 aromatic heterocycles. The molecule has 0 bridgehead atoms. The van der Waals surface area contributed by atoms with E-state index in [1.165, 1.54) is 0 Å². The molecule has 0 aromatic carbocycles. The third kappa shape index (κ3) is 1.59. The Morgan fingerprint density at radius 1 is 1.40 bits per heavy atom. The average molecular weight is 280 g/mol. The minimum Gasteiger partial charge on any atom is -0.502 e. The zero-order chi connectivity index (χ0) is 14.7. The lowest BCUT2D eigenvalue weighted by Gasteiger charge is -2.32. The fraction of sp³-hybridized carbons (Fsp3) is 0.667. The van der Waals surface area contributed by atoms with Gasteiger partial charge in [-0.2, -0.15) is 0 Å². The standard InChI is InChI=1S/C15H20O5/c1-7-4-12(20-14(18)13(7)17)15-9(3)11(16)5-10(15)8(2)6-19-15/h4,8-11,16-17H,5-6H2,1-3H3/t8-,9-,10-,11+,15-/m1/s1. The van der Waals surface area contributed by atoms with Gasteiger partial charge in [-0.1, -0.05) is 13.8 Å². The van der Waals surface area contributed by atoms with E-state index < -0.39 is 17.3 Å². The normalized spacial score (nSPS) is 40.0. The molecule has 20 heavy (non-hydrogen) atoms. The summed E-state index contributed by atoms with van der Waals surface area (Å²) < 4.78 is 11.3. The third-order valence-corrected chi connectivity index (χ3v) is 5.07. The van der Waals surface area contributed by atoms with Crippen molar-refractivity contribution in [2.24, 2.45) is 17.8 Å². The summed E-state index contributed by atoms with van der Waals surface area (Å²) in [7, 11) is 0. The summed E-state index contributed by atoms with van der Waals surface area (Å²) in [6, 6.07) is 1.66. The van der Waals surface area contributed by atoms with Gasteiger partial charge >= 0.3 is 5.63 Å². The van der Waals surface area contributed by atoms with Crippen LogP contribution >= 0.6 is 0 Å². The van der Waals surface area contributed by atoms with Gasteiger partial charge in [-0.3, -0.25) is 0 Å². The Hall–Kier alpha value is -1.33. The SMILES string of the molecule is Cc1cc([C@]23OC[C@@H](C)[C@H]2C[C@H](O)[C@H]3C)oc(=O)c1O. The fourth-order valence-corrected chi connectivity index (χ4v) is 3.82. The molecule has 2 aliphatic rings. The molecule has 0 spiro atoms. The van der Waals surface area contributed by atoms with E-state index in [9.17, 15) is 15.0 Å². The van der Waals surface area contributed by atoms with E-state index in [0.29, 0.717) is 30.3 Å². The van der Waals surface area contributed by atoms with Crippen LogP contribution in [-0.2, 0) is 10.3 Å². The molecule has 5 atom stereocenters. The molecule has 0 amide bonds. The van der Waals surface area contributed by atoms with Gasteiger partial charge in [0.05, 0.1) is 12.7 Å². The number of ether oxygens (including phenoxy) is 1. The highest BCUT2D eigenvalue weighted by atomic mass is 16.5. The molecule has 2 fully saturated rings. The maximum absolute atomic E-state index is 11.7. The molecule has 0 unspecified atom stereocenters. The van der Waals surface area contributed by atoms with E-state index in [0.717, 1.165) is 0 Å². The second-order valence-electron chi connectivity index (χ2n) is 6.21. The summed E-state index contributed by atoms with van der Waals surface area (Å²) in [5.41, 5.74) is -1.03. The topological polar surface area (TPSA) is 79.9 Å². The molecule has 1 aliphatic heterocycles. The van der Waals surface area contributed by atoms with E-state index >= 15 is 0 Å². The molecule has 110 valence electrons. The number of aryl methyl sites for hydroxylation is 1. The van der Waals surface area contributed by atoms with Gasteiger partial charge in [-0.05, 0) is 25.3 Å². The van der Waals surface area contributed by atoms with Crippen molar-refractivity contribution in [1.29, 1.82) is 0 Å². The van der Waals surface area contributed by atoms with Crippen molar-refractivity contribution in [2.45, 2.75) is 38.9 Å². The Kier molecular flexibility index (Phi) is 2.95. The van der Waals surface area contributed by atoms with Crippen molar-refractivity contribution in [3.8, 4) is 5.75 Å². The van der Waals surface area contributed by atoms with E-state index in [1.807, 2.05) is 6.92 Å². The van der Waals surface area contributed by atoms with Crippen LogP contribution in [0.4, 0.5) is 0 Å². The van der Waals surface area contributed by atoms with Crippen molar-refractivity contribution >= 4 is 0 Å². The Morgan fingerprint density at radius 2 is 2.10 bits per heavy atom. The van der Waals surface area contributed by atoms with Gasteiger partial charge in [0.2, 0.25) is 5.75 Å². The molecule has 0 radical (unpaired) electrons. The van der Waals surface area contributed by atoms with E-state index in [-0.39, 0.29) is 17.6 Å². The number of aliphatic hydroxyl groups excluding tert-OH is 1. The number of aliphatic hydroxyl groups is 1. The highest BCUT2D eigenvalue weighted by Gasteiger charge is 2.61. The molecule has 1 aliphatic carbocycles. The molecular formula is C15H20O5. The van der Waals surface area contributed by atoms with Crippen molar-refractivity contribution in [1.82, 2.24) is 0 Å². The first-order valence-corrected chi connectivity index (χ1v) is 7.04. The third-order valence-electron chi connectivity index (χ3n) is 5.07. The molecule has 1 saturated carbocycles. The Bertz CT molecular complexity index is 592. The predicted molar refractivity (Wildman–Crippen MR) is 71.5 cm³/mol. The minimum atomic E-state index is -0.754. The Morgan fingerprint density at radius 3 is 2.75 bits per heavy atom. The number of rotatable bonds is 1. The monoisotopic (exact) mass is 280 g/mol. The van der Waals surface area contributed by atoms with Gasteiger partial charge in [0.25, 0.3) is 0 Å². The van der Waals surface area contributed by atoms with E-state index in [2.05, 4.69) is 6.92 Å². The largest absolute Gasteiger partial charge is 0.502 e. The number of fused-ring (bicyclic) bond motifs is 1. The maximum Gasteiger partial charge on any atom is 0.378 e. The van der Waals surface area contributed by atoms with E-state index in [1.54, 1.807) is 13.0 Å².